The van der Waals surface area contributed by atoms with E-state index in [1.165, 1.54) is 0 Å². The number of nitrogens with two attached hydrogens (primary N) is 1. The van der Waals surface area contributed by atoms with E-state index in [4.69, 9.17) is 25.2 Å². The summed E-state index contributed by atoms with van der Waals surface area (Å²) in [6.07, 6.45) is 0.968. The van der Waals surface area contributed by atoms with Crippen molar-refractivity contribution < 1.29 is 9.47 Å². The molecule has 2 N–H and O–H groups in total. The highest BCUT2D eigenvalue weighted by molar-refractivity contribution is 9.10. The zero-order valence-electron chi connectivity index (χ0n) is 14.7. The zero-order chi connectivity index (χ0) is 18.4. The lowest BCUT2D eigenvalue weighted by atomic mass is 9.81. The number of guanidine groups is 1. The Balaban J connectivity index is 1.76. The molecule has 7 heteroatoms. The van der Waals surface area contributed by atoms with Crippen LogP contribution in [-0.2, 0) is 5.54 Å². The van der Waals surface area contributed by atoms with Gasteiger partial charge in [0.25, 0.3) is 0 Å². The zero-order valence-corrected chi connectivity index (χ0v) is 16.3. The first-order valence-corrected chi connectivity index (χ1v) is 9.82. The number of nitrogens with zero attached hydrogens (tertiary/aromatic N) is 3. The van der Waals surface area contributed by atoms with Gasteiger partial charge in [-0.25, -0.2) is 4.99 Å². The monoisotopic (exact) mass is 426 g/mol. The van der Waals surface area contributed by atoms with Crippen LogP contribution < -0.4 is 15.2 Å². The standard InChI is InChI=1S/C20H19BrN4O2/c21-15-4-1-3-13(11-15)20(18-23-7-2-8-25(18)19(22)24-20)14-5-6-16-17(12-14)27-10-9-26-16/h1,3-6,11-12H,2,7-10H2,(H2,22,24). The van der Waals surface area contributed by atoms with Crippen LogP contribution in [-0.4, -0.2) is 43.0 Å². The van der Waals surface area contributed by atoms with E-state index in [0.29, 0.717) is 19.2 Å². The topological polar surface area (TPSA) is 72.4 Å². The molecule has 138 valence electrons. The average Bonchev–Trinajstić information content (AvgIpc) is 3.02. The van der Waals surface area contributed by atoms with Crippen LogP contribution >= 0.6 is 15.9 Å². The van der Waals surface area contributed by atoms with Gasteiger partial charge in [0, 0.05) is 17.6 Å². The average molecular weight is 427 g/mol. The van der Waals surface area contributed by atoms with Gasteiger partial charge < -0.3 is 15.2 Å². The number of halogens is 1. The van der Waals surface area contributed by atoms with Crippen LogP contribution in [0.5, 0.6) is 11.5 Å². The molecule has 2 aromatic rings. The molecule has 0 saturated carbocycles. The van der Waals surface area contributed by atoms with Crippen molar-refractivity contribution >= 4 is 27.7 Å². The second-order valence-corrected chi connectivity index (χ2v) is 7.68. The van der Waals surface area contributed by atoms with Gasteiger partial charge in [0.15, 0.2) is 23.0 Å². The summed E-state index contributed by atoms with van der Waals surface area (Å²) in [6.45, 7) is 2.71. The van der Waals surface area contributed by atoms with Gasteiger partial charge in [0.1, 0.15) is 19.0 Å². The normalized spacial score (nSPS) is 23.5. The highest BCUT2D eigenvalue weighted by Gasteiger charge is 2.49. The third-order valence-corrected chi connectivity index (χ3v) is 5.64. The Labute approximate surface area is 165 Å². The predicted molar refractivity (Wildman–Crippen MR) is 108 cm³/mol. The van der Waals surface area contributed by atoms with Crippen LogP contribution in [0.3, 0.4) is 0 Å². The fraction of sp³-hybridized carbons (Fsp3) is 0.300. The molecule has 6 nitrogen and oxygen atoms in total. The lowest BCUT2D eigenvalue weighted by Gasteiger charge is -2.33. The minimum Gasteiger partial charge on any atom is -0.486 e. The molecule has 0 aromatic heterocycles. The highest BCUT2D eigenvalue weighted by Crippen LogP contribution is 2.44. The first-order valence-electron chi connectivity index (χ1n) is 9.02. The smallest absolute Gasteiger partial charge is 0.198 e. The van der Waals surface area contributed by atoms with Crippen molar-refractivity contribution in [2.24, 2.45) is 15.7 Å². The second kappa shape index (κ2) is 6.27. The van der Waals surface area contributed by atoms with E-state index in [2.05, 4.69) is 28.1 Å². The molecule has 1 atom stereocenters. The van der Waals surface area contributed by atoms with Crippen molar-refractivity contribution in [1.82, 2.24) is 4.90 Å². The number of aliphatic imine (C=N–C) groups is 2. The summed E-state index contributed by atoms with van der Waals surface area (Å²) in [7, 11) is 0. The molecule has 27 heavy (non-hydrogen) atoms. The van der Waals surface area contributed by atoms with Crippen molar-refractivity contribution in [3.8, 4) is 11.5 Å². The van der Waals surface area contributed by atoms with Gasteiger partial charge in [-0.05, 0) is 41.8 Å². The Bertz CT molecular complexity index is 974. The number of benzene rings is 2. The molecule has 5 rings (SSSR count). The molecular formula is C20H19BrN4O2. The maximum Gasteiger partial charge on any atom is 0.198 e. The number of amidine groups is 1. The van der Waals surface area contributed by atoms with Crippen LogP contribution in [0.15, 0.2) is 56.9 Å². The third-order valence-electron chi connectivity index (χ3n) is 5.14. The summed E-state index contributed by atoms with van der Waals surface area (Å²) in [5.74, 6) is 2.87. The summed E-state index contributed by atoms with van der Waals surface area (Å²) < 4.78 is 12.5. The molecule has 1 unspecified atom stereocenters. The molecule has 0 fully saturated rings. The highest BCUT2D eigenvalue weighted by atomic mass is 79.9. The lowest BCUT2D eigenvalue weighted by Crippen LogP contribution is -2.46. The minimum atomic E-state index is -0.788. The Morgan fingerprint density at radius 3 is 2.70 bits per heavy atom. The molecule has 0 radical (unpaired) electrons. The summed E-state index contributed by atoms with van der Waals surface area (Å²) in [5.41, 5.74) is 7.54. The van der Waals surface area contributed by atoms with Crippen molar-refractivity contribution in [2.45, 2.75) is 12.0 Å². The molecule has 3 aliphatic heterocycles. The Morgan fingerprint density at radius 2 is 1.85 bits per heavy atom. The Hall–Kier alpha value is -2.54. The van der Waals surface area contributed by atoms with E-state index in [1.807, 2.05) is 35.2 Å². The molecule has 0 aliphatic carbocycles. The number of fused-ring (bicyclic) bond motifs is 2. The van der Waals surface area contributed by atoms with E-state index >= 15 is 0 Å². The molecule has 0 saturated heterocycles. The van der Waals surface area contributed by atoms with E-state index in [-0.39, 0.29) is 0 Å². The van der Waals surface area contributed by atoms with Crippen molar-refractivity contribution in [3.05, 3.63) is 58.1 Å². The fourth-order valence-electron chi connectivity index (χ4n) is 3.96. The summed E-state index contributed by atoms with van der Waals surface area (Å²) in [4.78, 5) is 11.8. The first-order chi connectivity index (χ1) is 13.2. The minimum absolute atomic E-state index is 0.503. The van der Waals surface area contributed by atoms with Crippen LogP contribution in [0.25, 0.3) is 0 Å². The Kier molecular flexibility index (Phi) is 3.86. The SMILES string of the molecule is NC1=NC(c2cccc(Br)c2)(c2ccc3c(c2)OCCO3)C2=NCCCN12. The van der Waals surface area contributed by atoms with Gasteiger partial charge in [-0.3, -0.25) is 9.89 Å². The van der Waals surface area contributed by atoms with Gasteiger partial charge in [-0.2, -0.15) is 0 Å². The van der Waals surface area contributed by atoms with Gasteiger partial charge in [-0.15, -0.1) is 0 Å². The molecule has 0 bridgehead atoms. The fourth-order valence-corrected chi connectivity index (χ4v) is 4.36. The molecule has 0 spiro atoms. The van der Waals surface area contributed by atoms with Gasteiger partial charge in [0.05, 0.1) is 0 Å². The van der Waals surface area contributed by atoms with Crippen LogP contribution in [0.2, 0.25) is 0 Å². The van der Waals surface area contributed by atoms with E-state index in [1.54, 1.807) is 0 Å². The predicted octanol–water partition coefficient (Wildman–Crippen LogP) is 2.90. The third kappa shape index (κ3) is 2.52. The van der Waals surface area contributed by atoms with Gasteiger partial charge in [-0.1, -0.05) is 34.1 Å². The van der Waals surface area contributed by atoms with E-state index in [0.717, 1.165) is 52.4 Å². The maximum absolute atomic E-state index is 6.34. The van der Waals surface area contributed by atoms with E-state index < -0.39 is 5.54 Å². The van der Waals surface area contributed by atoms with Gasteiger partial charge in [0.2, 0.25) is 0 Å². The summed E-state index contributed by atoms with van der Waals surface area (Å²) in [6, 6.07) is 14.1. The molecule has 3 heterocycles. The molecule has 2 aromatic carbocycles. The summed E-state index contributed by atoms with van der Waals surface area (Å²) in [5, 5.41) is 0. The maximum atomic E-state index is 6.34. The largest absolute Gasteiger partial charge is 0.486 e. The van der Waals surface area contributed by atoms with E-state index in [9.17, 15) is 0 Å². The van der Waals surface area contributed by atoms with Crippen LogP contribution in [0.1, 0.15) is 17.5 Å². The quantitative estimate of drug-likeness (QED) is 0.800. The van der Waals surface area contributed by atoms with Gasteiger partial charge >= 0.3 is 0 Å². The van der Waals surface area contributed by atoms with Crippen molar-refractivity contribution in [1.29, 1.82) is 0 Å². The number of ether oxygens (including phenoxy) is 2. The number of hydrogen-bond acceptors (Lipinski definition) is 6. The van der Waals surface area contributed by atoms with Crippen LogP contribution in [0, 0.1) is 0 Å². The Morgan fingerprint density at radius 1 is 1.04 bits per heavy atom. The lowest BCUT2D eigenvalue weighted by molar-refractivity contribution is 0.171. The first kappa shape index (κ1) is 16.6. The number of hydrogen-bond donors (Lipinski definition) is 1. The summed E-state index contributed by atoms with van der Waals surface area (Å²) >= 11 is 3.59. The molecule has 3 aliphatic rings. The number of rotatable bonds is 2. The molecular weight excluding hydrogens is 408 g/mol. The van der Waals surface area contributed by atoms with Crippen molar-refractivity contribution in [2.75, 3.05) is 26.3 Å². The van der Waals surface area contributed by atoms with Crippen molar-refractivity contribution in [3.63, 3.8) is 0 Å². The second-order valence-electron chi connectivity index (χ2n) is 6.76. The van der Waals surface area contributed by atoms with Crippen LogP contribution in [0.4, 0.5) is 0 Å². The molecule has 0 amide bonds.